The fourth-order valence-electron chi connectivity index (χ4n) is 7.51. The standard InChI is InChI=1S/C33H40ClFN6O5S/c1-20-5-9-27(35)31(29(42)16-37-39-36)41-13-11-25(41)17-40-18-33(12-3-4-22-14-24(34)7-8-26(22)33)19-46-30-10-6-23(15-28(30)40)32(43)38-47(44,45)21(20)2/h6-10,14-15,20-21,25,29,31,42H,3-5,11-13,16-19H2,1-2H3,(H,38,43)/b27-9-/t20-,21+,25-,29-,31?,33-/m0/s1. The Labute approximate surface area is 279 Å². The number of carbonyl (C=O) groups excluding carboxylic acids is 1. The summed E-state index contributed by atoms with van der Waals surface area (Å²) in [7, 11) is -4.13. The number of azide groups is 1. The Balaban J connectivity index is 1.45. The first-order valence-corrected chi connectivity index (χ1v) is 18.0. The lowest BCUT2D eigenvalue weighted by atomic mass is 9.70. The van der Waals surface area contributed by atoms with Gasteiger partial charge >= 0.3 is 0 Å². The molecule has 4 aliphatic rings. The number of allylic oxidation sites excluding steroid dienone is 1. The Morgan fingerprint density at radius 3 is 2.83 bits per heavy atom. The third-order valence-electron chi connectivity index (χ3n) is 10.5. The number of benzene rings is 2. The van der Waals surface area contributed by atoms with Gasteiger partial charge in [-0.25, -0.2) is 17.5 Å². The number of carbonyl (C=O) groups is 1. The monoisotopic (exact) mass is 686 g/mol. The number of rotatable bonds is 3. The molecule has 6 atom stereocenters. The van der Waals surface area contributed by atoms with Gasteiger partial charge in [-0.1, -0.05) is 35.8 Å². The number of fused-ring (bicyclic) bond motifs is 4. The van der Waals surface area contributed by atoms with E-state index in [0.717, 1.165) is 31.2 Å². The lowest BCUT2D eigenvalue weighted by Gasteiger charge is -2.49. The Morgan fingerprint density at radius 1 is 1.28 bits per heavy atom. The van der Waals surface area contributed by atoms with E-state index in [2.05, 4.69) is 25.7 Å². The highest BCUT2D eigenvalue weighted by molar-refractivity contribution is 7.90. The summed E-state index contributed by atoms with van der Waals surface area (Å²) >= 11 is 6.39. The third kappa shape index (κ3) is 6.56. The number of hydrogen-bond acceptors (Lipinski definition) is 8. The van der Waals surface area contributed by atoms with E-state index >= 15 is 4.39 Å². The minimum atomic E-state index is -4.13. The number of aliphatic hydroxyl groups is 1. The van der Waals surface area contributed by atoms with E-state index in [1.807, 2.05) is 17.0 Å². The van der Waals surface area contributed by atoms with E-state index in [0.29, 0.717) is 42.7 Å². The molecule has 6 rings (SSSR count). The zero-order valence-corrected chi connectivity index (χ0v) is 28.1. The van der Waals surface area contributed by atoms with Crippen LogP contribution in [0, 0.1) is 5.92 Å². The van der Waals surface area contributed by atoms with Gasteiger partial charge in [-0.15, -0.1) is 0 Å². The molecule has 2 aromatic rings. The molecule has 0 aromatic heterocycles. The van der Waals surface area contributed by atoms with Crippen LogP contribution in [0.3, 0.4) is 0 Å². The van der Waals surface area contributed by atoms with Gasteiger partial charge in [0.15, 0.2) is 0 Å². The maximum Gasteiger partial charge on any atom is 0.264 e. The number of amides is 1. The number of nitrogens with zero attached hydrogens (tertiary/aromatic N) is 5. The molecule has 1 spiro atoms. The van der Waals surface area contributed by atoms with Gasteiger partial charge in [0, 0.05) is 46.6 Å². The molecule has 252 valence electrons. The van der Waals surface area contributed by atoms with Crippen molar-refractivity contribution in [2.24, 2.45) is 11.0 Å². The number of aryl methyl sites for hydroxylation is 1. The highest BCUT2D eigenvalue weighted by Gasteiger charge is 2.45. The van der Waals surface area contributed by atoms with Gasteiger partial charge in [-0.2, -0.15) is 0 Å². The summed E-state index contributed by atoms with van der Waals surface area (Å²) in [6.45, 7) is 4.69. The van der Waals surface area contributed by atoms with E-state index < -0.39 is 50.5 Å². The predicted octanol–water partition coefficient (Wildman–Crippen LogP) is 5.27. The molecule has 1 saturated heterocycles. The smallest absolute Gasteiger partial charge is 0.264 e. The summed E-state index contributed by atoms with van der Waals surface area (Å²) in [5.41, 5.74) is 11.6. The molecule has 0 saturated carbocycles. The van der Waals surface area contributed by atoms with Crippen molar-refractivity contribution in [3.05, 3.63) is 80.5 Å². The van der Waals surface area contributed by atoms with Crippen molar-refractivity contribution < 1.29 is 27.4 Å². The summed E-state index contributed by atoms with van der Waals surface area (Å²) < 4.78 is 51.4. The fourth-order valence-corrected chi connectivity index (χ4v) is 8.99. The largest absolute Gasteiger partial charge is 0.490 e. The van der Waals surface area contributed by atoms with Crippen molar-refractivity contribution in [3.8, 4) is 5.75 Å². The topological polar surface area (TPSA) is 148 Å². The average molecular weight is 687 g/mol. The molecule has 2 bridgehead atoms. The molecule has 3 heterocycles. The van der Waals surface area contributed by atoms with Crippen molar-refractivity contribution in [1.82, 2.24) is 9.62 Å². The van der Waals surface area contributed by atoms with Crippen LogP contribution < -0.4 is 14.4 Å². The van der Waals surface area contributed by atoms with Crippen LogP contribution in [0.1, 0.15) is 61.0 Å². The predicted molar refractivity (Wildman–Crippen MR) is 178 cm³/mol. The minimum absolute atomic E-state index is 0.0552. The lowest BCUT2D eigenvalue weighted by molar-refractivity contribution is -0.0125. The molecule has 1 unspecified atom stereocenters. The molecule has 11 nitrogen and oxygen atoms in total. The molecule has 3 aliphatic heterocycles. The molecule has 2 N–H and O–H groups in total. The molecule has 1 amide bonds. The van der Waals surface area contributed by atoms with Crippen molar-refractivity contribution in [1.29, 1.82) is 0 Å². The van der Waals surface area contributed by atoms with Gasteiger partial charge in [-0.05, 0) is 91.9 Å². The molecule has 1 aliphatic carbocycles. The Kier molecular flexibility index (Phi) is 9.48. The minimum Gasteiger partial charge on any atom is -0.490 e. The van der Waals surface area contributed by atoms with Crippen LogP contribution in [0.25, 0.3) is 10.4 Å². The Hall–Kier alpha value is -3.35. The Bertz CT molecular complexity index is 1740. The van der Waals surface area contributed by atoms with E-state index in [-0.39, 0.29) is 24.6 Å². The van der Waals surface area contributed by atoms with Gasteiger partial charge in [0.25, 0.3) is 5.91 Å². The molecule has 0 radical (unpaired) electrons. The second kappa shape index (κ2) is 13.3. The number of hydrogen-bond donors (Lipinski definition) is 2. The zero-order valence-electron chi connectivity index (χ0n) is 26.5. The quantitative estimate of drug-likeness (QED) is 0.254. The van der Waals surface area contributed by atoms with E-state index in [1.54, 1.807) is 25.1 Å². The van der Waals surface area contributed by atoms with E-state index in [1.165, 1.54) is 18.6 Å². The van der Waals surface area contributed by atoms with Crippen molar-refractivity contribution in [3.63, 3.8) is 0 Å². The normalized spacial score (nSPS) is 31.0. The second-order valence-electron chi connectivity index (χ2n) is 13.4. The van der Waals surface area contributed by atoms with Crippen molar-refractivity contribution in [2.45, 2.75) is 74.8 Å². The molecule has 47 heavy (non-hydrogen) atoms. The van der Waals surface area contributed by atoms with E-state index in [9.17, 15) is 18.3 Å². The lowest BCUT2D eigenvalue weighted by Crippen LogP contribution is -2.62. The number of nitrogens with one attached hydrogen (secondary N) is 1. The Morgan fingerprint density at radius 2 is 2.09 bits per heavy atom. The SMILES string of the molecule is C[C@@H]1[C@@H](C)C/C=C(\F)C([C@@H](O)CN=[N+]=[N-])N2CC[C@H]2CN2C[C@@]3(CCCc4cc(Cl)ccc43)COc3ccc(cc32)C(=O)NS1(=O)=O. The first-order chi connectivity index (χ1) is 22.4. The molecular weight excluding hydrogens is 647 g/mol. The van der Waals surface area contributed by atoms with Crippen LogP contribution in [-0.4, -0.2) is 80.6 Å². The summed E-state index contributed by atoms with van der Waals surface area (Å²) in [6.07, 6.45) is 3.47. The van der Waals surface area contributed by atoms with Crippen LogP contribution in [0.4, 0.5) is 10.1 Å². The summed E-state index contributed by atoms with van der Waals surface area (Å²) in [5.74, 6) is -1.35. The number of ether oxygens (including phenoxy) is 1. The van der Waals surface area contributed by atoms with Gasteiger partial charge < -0.3 is 14.7 Å². The van der Waals surface area contributed by atoms with Crippen LogP contribution in [0.2, 0.25) is 5.02 Å². The summed E-state index contributed by atoms with van der Waals surface area (Å²) in [4.78, 5) is 20.2. The van der Waals surface area contributed by atoms with Gasteiger partial charge in [0.05, 0.1) is 36.2 Å². The number of aliphatic hydroxyl groups excluding tert-OH is 1. The van der Waals surface area contributed by atoms with Gasteiger partial charge in [0.2, 0.25) is 10.0 Å². The molecule has 1 fully saturated rings. The maximum absolute atomic E-state index is 16.1. The van der Waals surface area contributed by atoms with Gasteiger partial charge in [0.1, 0.15) is 11.6 Å². The number of anilines is 1. The summed E-state index contributed by atoms with van der Waals surface area (Å²) in [5, 5.41) is 14.3. The first kappa shape index (κ1) is 33.5. The molecule has 2 aromatic carbocycles. The number of halogens is 2. The third-order valence-corrected chi connectivity index (χ3v) is 12.6. The molecule has 14 heteroatoms. The van der Waals surface area contributed by atoms with Crippen LogP contribution in [0.5, 0.6) is 5.75 Å². The van der Waals surface area contributed by atoms with Crippen LogP contribution in [-0.2, 0) is 21.9 Å². The maximum atomic E-state index is 16.1. The molecular formula is C33H40ClFN6O5S. The zero-order chi connectivity index (χ0) is 33.5. The van der Waals surface area contributed by atoms with Gasteiger partial charge in [-0.3, -0.25) is 9.69 Å². The highest BCUT2D eigenvalue weighted by atomic mass is 35.5. The first-order valence-electron chi connectivity index (χ1n) is 16.1. The van der Waals surface area contributed by atoms with E-state index in [4.69, 9.17) is 21.9 Å². The van der Waals surface area contributed by atoms with Crippen LogP contribution >= 0.6 is 11.6 Å². The number of sulfonamides is 1. The average Bonchev–Trinajstić information content (AvgIpc) is 3.18. The van der Waals surface area contributed by atoms with Crippen molar-refractivity contribution in [2.75, 3.05) is 37.7 Å². The fraction of sp³-hybridized carbons (Fsp3) is 0.545. The van der Waals surface area contributed by atoms with Crippen LogP contribution in [0.15, 0.2) is 53.4 Å². The highest BCUT2D eigenvalue weighted by Crippen LogP contribution is 2.45. The second-order valence-corrected chi connectivity index (χ2v) is 15.9. The summed E-state index contributed by atoms with van der Waals surface area (Å²) in [6, 6.07) is 9.65. The van der Waals surface area contributed by atoms with Crippen molar-refractivity contribution >= 4 is 33.2 Å².